The number of rotatable bonds is 4. The second-order valence-electron chi connectivity index (χ2n) is 8.34. The van der Waals surface area contributed by atoms with Crippen LogP contribution in [0, 0.1) is 0 Å². The first kappa shape index (κ1) is 20.1. The molecule has 0 fully saturated rings. The summed E-state index contributed by atoms with van der Waals surface area (Å²) in [5.41, 5.74) is 9.65. The molecule has 0 atom stereocenters. The van der Waals surface area contributed by atoms with Gasteiger partial charge < -0.3 is 0 Å². The van der Waals surface area contributed by atoms with Crippen LogP contribution in [-0.4, -0.2) is 9.97 Å². The third-order valence-electron chi connectivity index (χ3n) is 6.32. The third kappa shape index (κ3) is 3.76. The van der Waals surface area contributed by atoms with Gasteiger partial charge in [-0.2, -0.15) is 0 Å². The highest BCUT2D eigenvalue weighted by atomic mass is 14.6. The highest BCUT2D eigenvalue weighted by Gasteiger charge is 2.11. The van der Waals surface area contributed by atoms with Crippen molar-refractivity contribution in [2.75, 3.05) is 0 Å². The molecule has 0 unspecified atom stereocenters. The largest absolute Gasteiger partial charge is 0.265 e. The first-order valence-electron chi connectivity index (χ1n) is 11.4. The van der Waals surface area contributed by atoms with Crippen molar-refractivity contribution >= 4 is 10.8 Å². The Morgan fingerprint density at radius 1 is 0.324 bits per heavy atom. The van der Waals surface area contributed by atoms with Gasteiger partial charge in [0.1, 0.15) is 0 Å². The van der Waals surface area contributed by atoms with Crippen molar-refractivity contribution in [1.29, 1.82) is 0 Å². The smallest absolute Gasteiger partial charge is 0.0273 e. The van der Waals surface area contributed by atoms with E-state index in [9.17, 15) is 0 Å². The Hall–Kier alpha value is -4.56. The second kappa shape index (κ2) is 8.76. The Morgan fingerprint density at radius 3 is 1.09 bits per heavy atom. The van der Waals surface area contributed by atoms with E-state index in [-0.39, 0.29) is 0 Å². The molecular formula is C32H22N2. The van der Waals surface area contributed by atoms with Gasteiger partial charge in [-0.15, -0.1) is 0 Å². The van der Waals surface area contributed by atoms with Gasteiger partial charge in [0.15, 0.2) is 0 Å². The molecule has 0 bridgehead atoms. The van der Waals surface area contributed by atoms with Gasteiger partial charge in [-0.25, -0.2) is 0 Å². The van der Waals surface area contributed by atoms with Crippen LogP contribution >= 0.6 is 0 Å². The Morgan fingerprint density at radius 2 is 0.676 bits per heavy atom. The number of hydrogen-bond donors (Lipinski definition) is 0. The van der Waals surface area contributed by atoms with Gasteiger partial charge in [-0.1, -0.05) is 84.9 Å². The van der Waals surface area contributed by atoms with Crippen molar-refractivity contribution in [2.45, 2.75) is 0 Å². The Kier molecular flexibility index (Phi) is 5.17. The lowest BCUT2D eigenvalue weighted by atomic mass is 9.90. The lowest BCUT2D eigenvalue weighted by molar-refractivity contribution is 1.33. The average molecular weight is 435 g/mol. The molecule has 0 amide bonds. The van der Waals surface area contributed by atoms with Gasteiger partial charge in [-0.3, -0.25) is 9.97 Å². The SMILES string of the molecule is c1cc(-c2ccc(-c3ccncc3)cc2)c2c(-c3ccc(-c4ccncc4)cc3)cccc2c1. The maximum Gasteiger partial charge on any atom is 0.0273 e. The molecule has 0 aliphatic carbocycles. The van der Waals surface area contributed by atoms with Crippen molar-refractivity contribution in [3.8, 4) is 44.5 Å². The van der Waals surface area contributed by atoms with Gasteiger partial charge in [0.2, 0.25) is 0 Å². The molecule has 6 aromatic rings. The third-order valence-corrected chi connectivity index (χ3v) is 6.32. The summed E-state index contributed by atoms with van der Waals surface area (Å²) >= 11 is 0. The topological polar surface area (TPSA) is 25.8 Å². The van der Waals surface area contributed by atoms with E-state index in [2.05, 4.69) is 94.9 Å². The molecule has 0 aliphatic rings. The van der Waals surface area contributed by atoms with E-state index in [0.29, 0.717) is 0 Å². The second-order valence-corrected chi connectivity index (χ2v) is 8.34. The fraction of sp³-hybridized carbons (Fsp3) is 0. The normalized spacial score (nSPS) is 10.9. The van der Waals surface area contributed by atoms with Crippen LogP contribution < -0.4 is 0 Å². The van der Waals surface area contributed by atoms with E-state index >= 15 is 0 Å². The van der Waals surface area contributed by atoms with Crippen molar-refractivity contribution in [3.63, 3.8) is 0 Å². The van der Waals surface area contributed by atoms with Crippen LogP contribution in [0.4, 0.5) is 0 Å². The minimum absolute atomic E-state index is 1.18. The van der Waals surface area contributed by atoms with Crippen LogP contribution in [-0.2, 0) is 0 Å². The number of fused-ring (bicyclic) bond motifs is 1. The maximum atomic E-state index is 4.13. The first-order valence-corrected chi connectivity index (χ1v) is 11.4. The van der Waals surface area contributed by atoms with Gasteiger partial charge in [-0.05, 0) is 79.5 Å². The van der Waals surface area contributed by atoms with E-state index < -0.39 is 0 Å². The van der Waals surface area contributed by atoms with Crippen LogP contribution in [0.5, 0.6) is 0 Å². The van der Waals surface area contributed by atoms with Crippen molar-refractivity contribution in [2.24, 2.45) is 0 Å². The Labute approximate surface area is 199 Å². The fourth-order valence-corrected chi connectivity index (χ4v) is 4.60. The van der Waals surface area contributed by atoms with E-state index in [4.69, 9.17) is 0 Å². The quantitative estimate of drug-likeness (QED) is 0.279. The molecule has 0 saturated carbocycles. The van der Waals surface area contributed by atoms with Gasteiger partial charge in [0.25, 0.3) is 0 Å². The molecule has 2 nitrogen and oxygen atoms in total. The van der Waals surface area contributed by atoms with E-state index in [1.807, 2.05) is 49.1 Å². The monoisotopic (exact) mass is 434 g/mol. The number of pyridine rings is 2. The van der Waals surface area contributed by atoms with Crippen molar-refractivity contribution < 1.29 is 0 Å². The van der Waals surface area contributed by atoms with E-state index in [1.54, 1.807) is 0 Å². The summed E-state index contributed by atoms with van der Waals surface area (Å²) in [7, 11) is 0. The minimum atomic E-state index is 1.18. The Bertz CT molecular complexity index is 1440. The molecule has 0 radical (unpaired) electrons. The Balaban J connectivity index is 1.44. The average Bonchev–Trinajstić information content (AvgIpc) is 2.93. The fourth-order valence-electron chi connectivity index (χ4n) is 4.60. The zero-order valence-corrected chi connectivity index (χ0v) is 18.6. The first-order chi connectivity index (χ1) is 16.9. The zero-order valence-electron chi connectivity index (χ0n) is 18.6. The lowest BCUT2D eigenvalue weighted by Crippen LogP contribution is -1.87. The molecule has 2 aromatic heterocycles. The lowest BCUT2D eigenvalue weighted by Gasteiger charge is -2.14. The van der Waals surface area contributed by atoms with Crippen LogP contribution in [0.3, 0.4) is 0 Å². The van der Waals surface area contributed by atoms with Gasteiger partial charge in [0.05, 0.1) is 0 Å². The van der Waals surface area contributed by atoms with Crippen LogP contribution in [0.2, 0.25) is 0 Å². The van der Waals surface area contributed by atoms with E-state index in [1.165, 1.54) is 55.3 Å². The number of hydrogen-bond acceptors (Lipinski definition) is 2. The highest BCUT2D eigenvalue weighted by Crippen LogP contribution is 2.37. The summed E-state index contributed by atoms with van der Waals surface area (Å²) in [6, 6.07) is 38.9. The summed E-state index contributed by atoms with van der Waals surface area (Å²) in [5, 5.41) is 2.52. The van der Waals surface area contributed by atoms with Crippen molar-refractivity contribution in [3.05, 3.63) is 134 Å². The molecule has 34 heavy (non-hydrogen) atoms. The van der Waals surface area contributed by atoms with E-state index in [0.717, 1.165) is 0 Å². The summed E-state index contributed by atoms with van der Waals surface area (Å²) in [6.45, 7) is 0. The summed E-state index contributed by atoms with van der Waals surface area (Å²) < 4.78 is 0. The molecule has 2 heteroatoms. The molecular weight excluding hydrogens is 412 g/mol. The molecule has 0 saturated heterocycles. The molecule has 160 valence electrons. The highest BCUT2D eigenvalue weighted by molar-refractivity contribution is 6.06. The number of aromatic nitrogens is 2. The molecule has 2 heterocycles. The molecule has 0 aliphatic heterocycles. The standard InChI is InChI=1S/C32H22N2/c1-3-29-4-2-6-31(28-13-9-24(10-14-28)26-17-21-34-22-18-26)32(29)30(5-1)27-11-7-23(8-12-27)25-15-19-33-20-16-25/h1-22H. The number of benzene rings is 4. The summed E-state index contributed by atoms with van der Waals surface area (Å²) in [5.74, 6) is 0. The predicted molar refractivity (Wildman–Crippen MR) is 141 cm³/mol. The minimum Gasteiger partial charge on any atom is -0.265 e. The molecule has 4 aromatic carbocycles. The van der Waals surface area contributed by atoms with Gasteiger partial charge >= 0.3 is 0 Å². The van der Waals surface area contributed by atoms with Crippen molar-refractivity contribution in [1.82, 2.24) is 9.97 Å². The van der Waals surface area contributed by atoms with Crippen LogP contribution in [0.15, 0.2) is 134 Å². The maximum absolute atomic E-state index is 4.13. The molecule has 6 rings (SSSR count). The summed E-state index contributed by atoms with van der Waals surface area (Å²) in [6.07, 6.45) is 7.33. The zero-order chi connectivity index (χ0) is 22.7. The van der Waals surface area contributed by atoms with Crippen LogP contribution in [0.25, 0.3) is 55.3 Å². The molecule has 0 N–H and O–H groups in total. The predicted octanol–water partition coefficient (Wildman–Crippen LogP) is 8.30. The molecule has 0 spiro atoms. The summed E-state index contributed by atoms with van der Waals surface area (Å²) in [4.78, 5) is 8.26. The van der Waals surface area contributed by atoms with Crippen LogP contribution in [0.1, 0.15) is 0 Å². The number of nitrogens with zero attached hydrogens (tertiary/aromatic N) is 2. The van der Waals surface area contributed by atoms with Gasteiger partial charge in [0, 0.05) is 24.8 Å².